The van der Waals surface area contributed by atoms with E-state index in [0.717, 1.165) is 35.1 Å². The van der Waals surface area contributed by atoms with Crippen molar-refractivity contribution < 1.29 is 19.7 Å². The van der Waals surface area contributed by atoms with Crippen molar-refractivity contribution in [1.82, 2.24) is 0 Å². The molecule has 0 spiro atoms. The van der Waals surface area contributed by atoms with Crippen molar-refractivity contribution >= 4 is 0 Å². The van der Waals surface area contributed by atoms with E-state index in [0.29, 0.717) is 12.8 Å². The molecule has 4 aliphatic rings. The quantitative estimate of drug-likeness (QED) is 0.641. The number of benzene rings is 2. The molecule has 2 aromatic rings. The molecule has 6 atom stereocenters. The third-order valence-corrected chi connectivity index (χ3v) is 8.56. The van der Waals surface area contributed by atoms with Crippen molar-refractivity contribution in [3.63, 3.8) is 0 Å². The molecule has 6 unspecified atom stereocenters. The van der Waals surface area contributed by atoms with Crippen LogP contribution in [0.4, 0.5) is 0 Å². The number of ether oxygens (including phenoxy) is 2. The van der Waals surface area contributed by atoms with Crippen LogP contribution in [0.15, 0.2) is 48.5 Å². The smallest absolute Gasteiger partial charge is 0.151 e. The Morgan fingerprint density at radius 2 is 1.00 bits per heavy atom. The van der Waals surface area contributed by atoms with Crippen molar-refractivity contribution in [3.05, 3.63) is 70.8 Å². The normalized spacial score (nSPS) is 40.8. The fraction of sp³-hybridized carbons (Fsp3) is 0.571. The van der Waals surface area contributed by atoms with Gasteiger partial charge >= 0.3 is 0 Å². The Labute approximate surface area is 190 Å². The molecule has 32 heavy (non-hydrogen) atoms. The summed E-state index contributed by atoms with van der Waals surface area (Å²) in [7, 11) is 0. The van der Waals surface area contributed by atoms with Gasteiger partial charge in [0.05, 0.1) is 24.4 Å². The predicted molar refractivity (Wildman–Crippen MR) is 122 cm³/mol. The van der Waals surface area contributed by atoms with E-state index < -0.39 is 23.4 Å². The molecule has 2 fully saturated rings. The van der Waals surface area contributed by atoms with Crippen LogP contribution in [-0.4, -0.2) is 22.4 Å². The van der Waals surface area contributed by atoms with E-state index in [9.17, 15) is 10.2 Å². The Balaban J connectivity index is 1.64. The summed E-state index contributed by atoms with van der Waals surface area (Å²) in [6.45, 7) is 8.94. The number of aliphatic hydroxyl groups is 2. The van der Waals surface area contributed by atoms with Crippen LogP contribution < -0.4 is 0 Å². The molecule has 4 heterocycles. The molecule has 0 saturated carbocycles. The number of hydrogen-bond acceptors (Lipinski definition) is 4. The number of hydrogen-bond donors (Lipinski definition) is 2. The molecule has 4 nitrogen and oxygen atoms in total. The van der Waals surface area contributed by atoms with Crippen LogP contribution in [-0.2, 0) is 20.7 Å². The first-order chi connectivity index (χ1) is 15.1. The van der Waals surface area contributed by atoms with Gasteiger partial charge in [0.2, 0.25) is 0 Å². The second kappa shape index (κ2) is 6.44. The fourth-order valence-corrected chi connectivity index (χ4v) is 7.12. The zero-order chi connectivity index (χ0) is 22.5. The van der Waals surface area contributed by atoms with E-state index in [-0.39, 0.29) is 23.0 Å². The molecular weight excluding hydrogens is 400 g/mol. The molecule has 4 aliphatic heterocycles. The molecule has 2 saturated heterocycles. The molecule has 0 radical (unpaired) electrons. The molecule has 170 valence electrons. The van der Waals surface area contributed by atoms with E-state index in [1.54, 1.807) is 0 Å². The number of rotatable bonds is 1. The van der Waals surface area contributed by atoms with Crippen molar-refractivity contribution in [2.75, 3.05) is 0 Å². The molecule has 2 N–H and O–H groups in total. The minimum atomic E-state index is -1.61. The van der Waals surface area contributed by atoms with Gasteiger partial charge in [0, 0.05) is 0 Å². The van der Waals surface area contributed by atoms with Gasteiger partial charge in [-0.3, -0.25) is 0 Å². The second-order valence-corrected chi connectivity index (χ2v) is 12.1. The highest BCUT2D eigenvalue weighted by atomic mass is 16.5. The number of fused-ring (bicyclic) bond motifs is 8. The Kier molecular flexibility index (Phi) is 4.20. The van der Waals surface area contributed by atoms with E-state index in [1.165, 1.54) is 0 Å². The average Bonchev–Trinajstić information content (AvgIpc) is 2.74. The lowest BCUT2D eigenvalue weighted by Gasteiger charge is -2.62. The molecule has 0 aliphatic carbocycles. The van der Waals surface area contributed by atoms with Gasteiger partial charge in [0.15, 0.2) is 11.2 Å². The highest BCUT2D eigenvalue weighted by Gasteiger charge is 2.68. The molecule has 6 rings (SSSR count). The van der Waals surface area contributed by atoms with Crippen LogP contribution in [0.1, 0.15) is 87.8 Å². The predicted octanol–water partition coefficient (Wildman–Crippen LogP) is 5.28. The topological polar surface area (TPSA) is 58.9 Å². The molecule has 0 aromatic heterocycles. The summed E-state index contributed by atoms with van der Waals surface area (Å²) in [5.41, 5.74) is 0.320. The fourth-order valence-electron chi connectivity index (χ4n) is 7.12. The van der Waals surface area contributed by atoms with Gasteiger partial charge in [-0.05, 0) is 58.8 Å². The van der Waals surface area contributed by atoms with Gasteiger partial charge in [-0.1, -0.05) is 76.2 Å². The zero-order valence-corrected chi connectivity index (χ0v) is 19.5. The van der Waals surface area contributed by atoms with E-state index in [1.807, 2.05) is 36.4 Å². The molecule has 0 amide bonds. The maximum absolute atomic E-state index is 12.8. The van der Waals surface area contributed by atoms with Crippen molar-refractivity contribution in [1.29, 1.82) is 0 Å². The van der Waals surface area contributed by atoms with Gasteiger partial charge in [-0.2, -0.15) is 0 Å². The van der Waals surface area contributed by atoms with Crippen LogP contribution in [0.25, 0.3) is 0 Å². The summed E-state index contributed by atoms with van der Waals surface area (Å²) in [5.74, 6) is 0. The Morgan fingerprint density at radius 1 is 0.625 bits per heavy atom. The Hall–Kier alpha value is -1.72. The maximum atomic E-state index is 12.8. The first-order valence-corrected chi connectivity index (χ1v) is 12.0. The summed E-state index contributed by atoms with van der Waals surface area (Å²) >= 11 is 0. The van der Waals surface area contributed by atoms with Gasteiger partial charge < -0.3 is 19.7 Å². The van der Waals surface area contributed by atoms with Crippen LogP contribution in [0.2, 0.25) is 0 Å². The van der Waals surface area contributed by atoms with Gasteiger partial charge in [0.25, 0.3) is 0 Å². The summed E-state index contributed by atoms with van der Waals surface area (Å²) in [6.07, 6.45) is 1.99. The van der Waals surface area contributed by atoms with E-state index in [2.05, 4.69) is 39.8 Å². The second-order valence-electron chi connectivity index (χ2n) is 12.1. The van der Waals surface area contributed by atoms with Crippen LogP contribution in [0, 0.1) is 10.8 Å². The standard InChI is InChI=1S/C28H34O4/c1-25(2)13-21-17-9-5-7-11-19(17)27(29,23(15-25)31-21)28(30)20-12-8-6-10-18(20)22-14-26(3,4)16-24(28)32-22/h5-12,21-24,29-30H,13-16H2,1-4H3. The third kappa shape index (κ3) is 2.64. The summed E-state index contributed by atoms with van der Waals surface area (Å²) in [4.78, 5) is 0. The average molecular weight is 435 g/mol. The molecule has 4 bridgehead atoms. The lowest BCUT2D eigenvalue weighted by Crippen LogP contribution is -2.69. The van der Waals surface area contributed by atoms with Crippen molar-refractivity contribution in [2.24, 2.45) is 10.8 Å². The van der Waals surface area contributed by atoms with Crippen molar-refractivity contribution in [2.45, 2.75) is 89.0 Å². The third-order valence-electron chi connectivity index (χ3n) is 8.56. The van der Waals surface area contributed by atoms with E-state index in [4.69, 9.17) is 9.47 Å². The largest absolute Gasteiger partial charge is 0.379 e. The molecule has 4 heteroatoms. The first-order valence-electron chi connectivity index (χ1n) is 12.0. The van der Waals surface area contributed by atoms with E-state index >= 15 is 0 Å². The van der Waals surface area contributed by atoms with Crippen LogP contribution >= 0.6 is 0 Å². The summed E-state index contributed by atoms with van der Waals surface area (Å²) < 4.78 is 13.1. The van der Waals surface area contributed by atoms with Gasteiger partial charge in [-0.15, -0.1) is 0 Å². The Morgan fingerprint density at radius 3 is 1.41 bits per heavy atom. The zero-order valence-electron chi connectivity index (χ0n) is 19.5. The lowest BCUT2D eigenvalue weighted by atomic mass is 9.55. The van der Waals surface area contributed by atoms with Gasteiger partial charge in [-0.25, -0.2) is 0 Å². The highest BCUT2D eigenvalue weighted by Crippen LogP contribution is 2.63. The minimum Gasteiger partial charge on any atom is -0.379 e. The maximum Gasteiger partial charge on any atom is 0.151 e. The molecular formula is C28H34O4. The van der Waals surface area contributed by atoms with Gasteiger partial charge in [0.1, 0.15) is 0 Å². The highest BCUT2D eigenvalue weighted by molar-refractivity contribution is 5.48. The van der Waals surface area contributed by atoms with Crippen LogP contribution in [0.5, 0.6) is 0 Å². The summed E-state index contributed by atoms with van der Waals surface area (Å²) in [6, 6.07) is 16.0. The minimum absolute atomic E-state index is 0.00509. The SMILES string of the molecule is CC1(C)CC2OC(C1)C(O)(C1(O)c3ccccc3C3CC(C)(C)CC1O3)c1ccccc12. The van der Waals surface area contributed by atoms with Crippen molar-refractivity contribution in [3.8, 4) is 0 Å². The van der Waals surface area contributed by atoms with Crippen LogP contribution in [0.3, 0.4) is 0 Å². The molecule has 2 aromatic carbocycles. The first kappa shape index (κ1) is 20.9. The monoisotopic (exact) mass is 434 g/mol. The summed E-state index contributed by atoms with van der Waals surface area (Å²) in [5, 5.41) is 25.6. The Bertz CT molecular complexity index is 989. The lowest BCUT2D eigenvalue weighted by molar-refractivity contribution is -0.323.